The molecule has 0 saturated carbocycles. The van der Waals surface area contributed by atoms with Crippen LogP contribution in [-0.4, -0.2) is 42.3 Å². The smallest absolute Gasteiger partial charge is 0.252 e. The highest BCUT2D eigenvalue weighted by Gasteiger charge is 2.50. The van der Waals surface area contributed by atoms with E-state index in [9.17, 15) is 17.6 Å². The number of anilines is 1. The number of amidine groups is 1. The van der Waals surface area contributed by atoms with Gasteiger partial charge >= 0.3 is 0 Å². The van der Waals surface area contributed by atoms with Crippen molar-refractivity contribution in [3.8, 4) is 11.5 Å². The third-order valence-corrected chi connectivity index (χ3v) is 9.40. The molecule has 186 valence electrons. The van der Waals surface area contributed by atoms with Crippen LogP contribution in [0.5, 0.6) is 11.5 Å². The lowest BCUT2D eigenvalue weighted by Crippen LogP contribution is -2.38. The number of carbonyl (C=O) groups excluding carboxylic acids is 1. The van der Waals surface area contributed by atoms with Crippen molar-refractivity contribution in [3.63, 3.8) is 0 Å². The predicted octanol–water partition coefficient (Wildman–Crippen LogP) is 5.42. The number of aliphatic imine (C=N–C) groups is 1. The Morgan fingerprint density at radius 3 is 2.67 bits per heavy atom. The summed E-state index contributed by atoms with van der Waals surface area (Å²) >= 11 is 7.62. The number of thioether (sulfide) groups is 1. The molecule has 2 aliphatic heterocycles. The van der Waals surface area contributed by atoms with E-state index < -0.39 is 21.8 Å². The van der Waals surface area contributed by atoms with E-state index in [2.05, 4.69) is 4.99 Å². The van der Waals surface area contributed by atoms with Crippen molar-refractivity contribution in [1.29, 1.82) is 0 Å². The molecule has 0 aliphatic carbocycles. The van der Waals surface area contributed by atoms with Gasteiger partial charge in [0.2, 0.25) is 0 Å². The Morgan fingerprint density at radius 1 is 1.14 bits per heavy atom. The van der Waals surface area contributed by atoms with Gasteiger partial charge in [-0.2, -0.15) is 4.99 Å². The van der Waals surface area contributed by atoms with Crippen LogP contribution in [-0.2, 0) is 21.1 Å². The molecule has 2 atom stereocenters. The molecule has 3 aromatic rings. The van der Waals surface area contributed by atoms with Crippen molar-refractivity contribution in [2.24, 2.45) is 4.99 Å². The van der Waals surface area contributed by atoms with E-state index in [4.69, 9.17) is 16.3 Å². The summed E-state index contributed by atoms with van der Waals surface area (Å²) in [4.78, 5) is 19.0. The van der Waals surface area contributed by atoms with E-state index in [-0.39, 0.29) is 29.0 Å². The average Bonchev–Trinajstić information content (AvgIpc) is 3.27. The molecule has 0 aromatic heterocycles. The summed E-state index contributed by atoms with van der Waals surface area (Å²) in [5.41, 5.74) is 2.19. The first-order valence-electron chi connectivity index (χ1n) is 11.2. The highest BCUT2D eigenvalue weighted by atomic mass is 35.5. The molecule has 0 N–H and O–H groups in total. The largest absolute Gasteiger partial charge is 0.455 e. The number of fused-ring (bicyclic) bond motifs is 1. The molecule has 0 radical (unpaired) electrons. The van der Waals surface area contributed by atoms with Crippen molar-refractivity contribution in [1.82, 2.24) is 0 Å². The number of ether oxygens (including phenoxy) is 1. The van der Waals surface area contributed by atoms with Gasteiger partial charge in [0.05, 0.1) is 29.7 Å². The number of hydrogen-bond acceptors (Lipinski definition) is 5. The molecule has 1 amide bonds. The number of benzene rings is 3. The Morgan fingerprint density at radius 2 is 1.92 bits per heavy atom. The normalized spacial score (nSPS) is 21.5. The van der Waals surface area contributed by atoms with E-state index in [1.807, 2.05) is 31.2 Å². The molecule has 5 rings (SSSR count). The monoisotopic (exact) mass is 544 g/mol. The number of sulfone groups is 1. The number of nitrogens with zero attached hydrogens (tertiary/aromatic N) is 2. The lowest BCUT2D eigenvalue weighted by Gasteiger charge is -2.27. The van der Waals surface area contributed by atoms with Crippen molar-refractivity contribution >= 4 is 50.0 Å². The van der Waals surface area contributed by atoms with Gasteiger partial charge in [-0.05, 0) is 60.5 Å². The van der Waals surface area contributed by atoms with Crippen LogP contribution in [0.25, 0.3) is 0 Å². The topological polar surface area (TPSA) is 76.0 Å². The molecule has 3 aromatic carbocycles. The Bertz CT molecular complexity index is 1460. The SMILES string of the molecule is Cc1cccc(Oc2ccc(Cl)cc2N2C(=NC(=O)Cc3ccc(F)cc3)S[C@@H]3CS(=O)(=O)C[C@@H]32)c1. The molecule has 2 heterocycles. The molecule has 2 aliphatic rings. The Hall–Kier alpha value is -2.88. The lowest BCUT2D eigenvalue weighted by atomic mass is 10.1. The zero-order valence-corrected chi connectivity index (χ0v) is 21.6. The summed E-state index contributed by atoms with van der Waals surface area (Å²) in [6.07, 6.45) is -0.00595. The third-order valence-electron chi connectivity index (χ3n) is 5.95. The second-order valence-corrected chi connectivity index (χ2v) is 12.6. The van der Waals surface area contributed by atoms with Gasteiger partial charge < -0.3 is 9.64 Å². The number of hydrogen-bond donors (Lipinski definition) is 0. The summed E-state index contributed by atoms with van der Waals surface area (Å²) in [6.45, 7) is 1.96. The van der Waals surface area contributed by atoms with Gasteiger partial charge in [0.25, 0.3) is 5.91 Å². The van der Waals surface area contributed by atoms with Gasteiger partial charge in [0, 0.05) is 10.3 Å². The van der Waals surface area contributed by atoms with E-state index in [1.54, 1.807) is 35.2 Å². The molecule has 36 heavy (non-hydrogen) atoms. The number of halogens is 2. The van der Waals surface area contributed by atoms with E-state index in [1.165, 1.54) is 23.9 Å². The Kier molecular flexibility index (Phi) is 6.80. The maximum absolute atomic E-state index is 13.2. The summed E-state index contributed by atoms with van der Waals surface area (Å²) in [5.74, 6) is 0.220. The second kappa shape index (κ2) is 9.88. The van der Waals surface area contributed by atoms with E-state index in [0.29, 0.717) is 32.9 Å². The predicted molar refractivity (Wildman–Crippen MR) is 142 cm³/mol. The summed E-state index contributed by atoms with van der Waals surface area (Å²) in [5, 5.41) is 0.550. The van der Waals surface area contributed by atoms with Crippen LogP contribution in [0, 0.1) is 12.7 Å². The number of rotatable bonds is 5. The molecule has 0 bridgehead atoms. The molecular weight excluding hydrogens is 523 g/mol. The minimum Gasteiger partial charge on any atom is -0.455 e. The van der Waals surface area contributed by atoms with Gasteiger partial charge in [0.15, 0.2) is 20.8 Å². The second-order valence-electron chi connectivity index (χ2n) is 8.79. The van der Waals surface area contributed by atoms with Gasteiger partial charge in [-0.25, -0.2) is 12.8 Å². The quantitative estimate of drug-likeness (QED) is 0.427. The van der Waals surface area contributed by atoms with Crippen molar-refractivity contribution in [2.75, 3.05) is 16.4 Å². The zero-order chi connectivity index (χ0) is 25.4. The maximum atomic E-state index is 13.2. The first-order chi connectivity index (χ1) is 17.2. The zero-order valence-electron chi connectivity index (χ0n) is 19.2. The number of carbonyl (C=O) groups is 1. The van der Waals surface area contributed by atoms with E-state index >= 15 is 0 Å². The minimum absolute atomic E-state index is 0.00135. The first-order valence-corrected chi connectivity index (χ1v) is 14.3. The molecule has 10 heteroatoms. The fourth-order valence-corrected chi connectivity index (χ4v) is 8.43. The highest BCUT2D eigenvalue weighted by Crippen LogP contribution is 2.45. The van der Waals surface area contributed by atoms with Gasteiger partial charge in [-0.3, -0.25) is 4.79 Å². The fraction of sp³-hybridized carbons (Fsp3) is 0.231. The first kappa shape index (κ1) is 24.8. The Balaban J connectivity index is 1.52. The third kappa shape index (κ3) is 5.43. The fourth-order valence-electron chi connectivity index (χ4n) is 4.34. The van der Waals surface area contributed by atoms with Crippen molar-refractivity contribution in [3.05, 3.63) is 88.7 Å². The van der Waals surface area contributed by atoms with Crippen LogP contribution in [0.15, 0.2) is 71.7 Å². The van der Waals surface area contributed by atoms with Crippen LogP contribution < -0.4 is 9.64 Å². The number of amides is 1. The molecule has 6 nitrogen and oxygen atoms in total. The van der Waals surface area contributed by atoms with Crippen LogP contribution in [0.3, 0.4) is 0 Å². The number of aryl methyl sites for hydroxylation is 1. The lowest BCUT2D eigenvalue weighted by molar-refractivity contribution is -0.117. The molecule has 2 saturated heterocycles. The minimum atomic E-state index is -3.25. The van der Waals surface area contributed by atoms with Crippen molar-refractivity contribution < 1.29 is 22.3 Å². The molecular formula is C26H22ClFN2O4S2. The Labute approximate surface area is 218 Å². The summed E-state index contributed by atoms with van der Waals surface area (Å²) < 4.78 is 44.4. The average molecular weight is 545 g/mol. The van der Waals surface area contributed by atoms with Gasteiger partial charge in [-0.1, -0.05) is 47.6 Å². The van der Waals surface area contributed by atoms with Gasteiger partial charge in [-0.15, -0.1) is 0 Å². The van der Waals surface area contributed by atoms with Crippen LogP contribution in [0.2, 0.25) is 5.02 Å². The standard InChI is InChI=1S/C26H22ClFN2O4S2/c1-16-3-2-4-20(11-16)34-23-10-7-18(27)13-21(23)30-22-14-36(32,33)15-24(22)35-26(30)29-25(31)12-17-5-8-19(28)9-6-17/h2-11,13,22,24H,12,14-15H2,1H3/t22-,24+/m0/s1. The molecule has 2 fully saturated rings. The maximum Gasteiger partial charge on any atom is 0.252 e. The van der Waals surface area contributed by atoms with Crippen LogP contribution in [0.1, 0.15) is 11.1 Å². The van der Waals surface area contributed by atoms with Crippen LogP contribution >= 0.6 is 23.4 Å². The molecule has 0 unspecified atom stereocenters. The van der Waals surface area contributed by atoms with E-state index in [0.717, 1.165) is 5.56 Å². The highest BCUT2D eigenvalue weighted by molar-refractivity contribution is 8.16. The summed E-state index contributed by atoms with van der Waals surface area (Å²) in [6, 6.07) is 17.9. The van der Waals surface area contributed by atoms with Crippen molar-refractivity contribution in [2.45, 2.75) is 24.6 Å². The summed E-state index contributed by atoms with van der Waals surface area (Å²) in [7, 11) is -3.25. The molecule has 0 spiro atoms. The van der Waals surface area contributed by atoms with Crippen LogP contribution in [0.4, 0.5) is 10.1 Å². The van der Waals surface area contributed by atoms with Gasteiger partial charge in [0.1, 0.15) is 11.6 Å².